The van der Waals surface area contributed by atoms with E-state index in [1.54, 1.807) is 6.92 Å². The van der Waals surface area contributed by atoms with E-state index in [1.165, 1.54) is 0 Å². The van der Waals surface area contributed by atoms with E-state index >= 15 is 0 Å². The largest absolute Gasteiger partial charge is 0.392 e. The van der Waals surface area contributed by atoms with Crippen molar-refractivity contribution in [2.45, 2.75) is 38.7 Å². The molecule has 1 heterocycles. The Kier molecular flexibility index (Phi) is 4.82. The number of aliphatic hydroxyl groups is 1. The molecule has 1 aromatic heterocycles. The van der Waals surface area contributed by atoms with E-state index in [2.05, 4.69) is 26.3 Å². The third-order valence-electron chi connectivity index (χ3n) is 4.01. The molecule has 0 spiro atoms. The summed E-state index contributed by atoms with van der Waals surface area (Å²) in [5, 5.41) is 16.7. The number of nitrogens with one attached hydrogen (secondary N) is 1. The molecule has 2 N–H and O–H groups in total. The van der Waals surface area contributed by atoms with Crippen molar-refractivity contribution >= 4 is 21.8 Å². The van der Waals surface area contributed by atoms with Gasteiger partial charge < -0.3 is 10.4 Å². The zero-order valence-corrected chi connectivity index (χ0v) is 14.6. The molecule has 1 amide bonds. The highest BCUT2D eigenvalue weighted by Crippen LogP contribution is 2.27. The van der Waals surface area contributed by atoms with Gasteiger partial charge in [-0.05, 0) is 50.8 Å². The van der Waals surface area contributed by atoms with Crippen molar-refractivity contribution in [1.82, 2.24) is 15.1 Å². The van der Waals surface area contributed by atoms with Crippen LogP contribution in [0.25, 0.3) is 5.69 Å². The summed E-state index contributed by atoms with van der Waals surface area (Å²) in [7, 11) is 0. The SMILES string of the molecule is CC(O)CNC(=O)c1nn(-c2cccc(Br)c2)c2c1CCCC2. The fourth-order valence-corrected chi connectivity index (χ4v) is 3.31. The summed E-state index contributed by atoms with van der Waals surface area (Å²) in [6, 6.07) is 7.92. The first-order chi connectivity index (χ1) is 11.1. The average molecular weight is 378 g/mol. The van der Waals surface area contributed by atoms with Crippen LogP contribution >= 0.6 is 15.9 Å². The van der Waals surface area contributed by atoms with Crippen molar-refractivity contribution in [2.75, 3.05) is 6.54 Å². The first kappa shape index (κ1) is 16.2. The van der Waals surface area contributed by atoms with Crippen LogP contribution in [0.5, 0.6) is 0 Å². The van der Waals surface area contributed by atoms with Gasteiger partial charge in [-0.3, -0.25) is 4.79 Å². The molecule has 1 unspecified atom stereocenters. The number of halogens is 1. The zero-order valence-electron chi connectivity index (χ0n) is 13.1. The van der Waals surface area contributed by atoms with Crippen LogP contribution in [-0.2, 0) is 12.8 Å². The Labute approximate surface area is 143 Å². The summed E-state index contributed by atoms with van der Waals surface area (Å²) in [6.45, 7) is 1.88. The summed E-state index contributed by atoms with van der Waals surface area (Å²) in [5.74, 6) is -0.210. The third kappa shape index (κ3) is 3.48. The second kappa shape index (κ2) is 6.84. The lowest BCUT2D eigenvalue weighted by atomic mass is 9.95. The topological polar surface area (TPSA) is 67.2 Å². The van der Waals surface area contributed by atoms with Gasteiger partial charge in [0.1, 0.15) is 0 Å². The highest BCUT2D eigenvalue weighted by atomic mass is 79.9. The lowest BCUT2D eigenvalue weighted by Gasteiger charge is -2.14. The van der Waals surface area contributed by atoms with Crippen molar-refractivity contribution < 1.29 is 9.90 Å². The third-order valence-corrected chi connectivity index (χ3v) is 4.50. The van der Waals surface area contributed by atoms with Gasteiger partial charge in [-0.15, -0.1) is 0 Å². The van der Waals surface area contributed by atoms with Gasteiger partial charge in [-0.2, -0.15) is 5.10 Å². The minimum atomic E-state index is -0.568. The van der Waals surface area contributed by atoms with E-state index in [-0.39, 0.29) is 12.5 Å². The number of fused-ring (bicyclic) bond motifs is 1. The highest BCUT2D eigenvalue weighted by Gasteiger charge is 2.25. The van der Waals surface area contributed by atoms with Crippen molar-refractivity contribution in [3.63, 3.8) is 0 Å². The van der Waals surface area contributed by atoms with E-state index in [0.717, 1.165) is 47.1 Å². The Hall–Kier alpha value is -1.66. The quantitative estimate of drug-likeness (QED) is 0.860. The molecule has 3 rings (SSSR count). The highest BCUT2D eigenvalue weighted by molar-refractivity contribution is 9.10. The standard InChI is InChI=1S/C17H20BrN3O2/c1-11(22)10-19-17(23)16-14-7-2-3-8-15(14)21(20-16)13-6-4-5-12(18)9-13/h4-6,9,11,22H,2-3,7-8,10H2,1H3,(H,19,23). The second-order valence-electron chi connectivity index (χ2n) is 5.93. The van der Waals surface area contributed by atoms with Crippen molar-refractivity contribution in [3.05, 3.63) is 45.7 Å². The van der Waals surface area contributed by atoms with E-state index in [0.29, 0.717) is 5.69 Å². The van der Waals surface area contributed by atoms with Crippen LogP contribution in [0.15, 0.2) is 28.7 Å². The van der Waals surface area contributed by atoms with Gasteiger partial charge in [0.2, 0.25) is 0 Å². The first-order valence-electron chi connectivity index (χ1n) is 7.89. The molecule has 0 radical (unpaired) electrons. The van der Waals surface area contributed by atoms with Gasteiger partial charge >= 0.3 is 0 Å². The number of hydrogen-bond donors (Lipinski definition) is 2. The van der Waals surface area contributed by atoms with Gasteiger partial charge in [0.05, 0.1) is 11.8 Å². The fourth-order valence-electron chi connectivity index (χ4n) is 2.93. The van der Waals surface area contributed by atoms with Crippen LogP contribution in [0.3, 0.4) is 0 Å². The van der Waals surface area contributed by atoms with Gasteiger partial charge in [0.15, 0.2) is 5.69 Å². The summed E-state index contributed by atoms with van der Waals surface area (Å²) in [4.78, 5) is 12.4. The smallest absolute Gasteiger partial charge is 0.272 e. The molecule has 1 atom stereocenters. The molecule has 1 aliphatic rings. The molecule has 23 heavy (non-hydrogen) atoms. The second-order valence-corrected chi connectivity index (χ2v) is 6.85. The van der Waals surface area contributed by atoms with Gasteiger partial charge in [-0.1, -0.05) is 22.0 Å². The summed E-state index contributed by atoms with van der Waals surface area (Å²) >= 11 is 3.48. The number of rotatable bonds is 4. The maximum atomic E-state index is 12.4. The molecular formula is C17H20BrN3O2. The van der Waals surface area contributed by atoms with Crippen molar-refractivity contribution in [1.29, 1.82) is 0 Å². The zero-order chi connectivity index (χ0) is 16.4. The van der Waals surface area contributed by atoms with E-state index < -0.39 is 6.10 Å². The Morgan fingerprint density at radius 3 is 2.96 bits per heavy atom. The number of aromatic nitrogens is 2. The van der Waals surface area contributed by atoms with Crippen LogP contribution in [0.4, 0.5) is 0 Å². The van der Waals surface area contributed by atoms with Crippen LogP contribution in [0.1, 0.15) is 41.5 Å². The molecule has 5 nitrogen and oxygen atoms in total. The Morgan fingerprint density at radius 1 is 1.43 bits per heavy atom. The number of carbonyl (C=O) groups excluding carboxylic acids is 1. The first-order valence-corrected chi connectivity index (χ1v) is 8.68. The van der Waals surface area contributed by atoms with Crippen LogP contribution in [0, 0.1) is 0 Å². The lowest BCUT2D eigenvalue weighted by molar-refractivity contribution is 0.0917. The number of amides is 1. The fraction of sp³-hybridized carbons (Fsp3) is 0.412. The van der Waals surface area contributed by atoms with Crippen molar-refractivity contribution in [3.8, 4) is 5.69 Å². The molecule has 2 aromatic rings. The number of hydrogen-bond acceptors (Lipinski definition) is 3. The number of aliphatic hydroxyl groups excluding tert-OH is 1. The molecule has 6 heteroatoms. The van der Waals surface area contributed by atoms with E-state index in [1.807, 2.05) is 28.9 Å². The molecule has 1 aliphatic carbocycles. The molecule has 1 aromatic carbocycles. The summed E-state index contributed by atoms with van der Waals surface area (Å²) in [5.41, 5.74) is 3.60. The molecular weight excluding hydrogens is 358 g/mol. The predicted molar refractivity (Wildman–Crippen MR) is 91.9 cm³/mol. The Morgan fingerprint density at radius 2 is 2.22 bits per heavy atom. The maximum Gasteiger partial charge on any atom is 0.272 e. The minimum absolute atomic E-state index is 0.210. The summed E-state index contributed by atoms with van der Waals surface area (Å²) in [6.07, 6.45) is 3.43. The Bertz CT molecular complexity index is 725. The lowest BCUT2D eigenvalue weighted by Crippen LogP contribution is -2.31. The van der Waals surface area contributed by atoms with E-state index in [4.69, 9.17) is 0 Å². The Balaban J connectivity index is 2.00. The van der Waals surface area contributed by atoms with Gasteiger partial charge in [-0.25, -0.2) is 4.68 Å². The number of benzene rings is 1. The number of nitrogens with zero attached hydrogens (tertiary/aromatic N) is 2. The molecule has 122 valence electrons. The molecule has 0 saturated carbocycles. The van der Waals surface area contributed by atoms with Crippen LogP contribution in [0.2, 0.25) is 0 Å². The van der Waals surface area contributed by atoms with Crippen LogP contribution in [-0.4, -0.2) is 33.4 Å². The monoisotopic (exact) mass is 377 g/mol. The molecule has 0 aliphatic heterocycles. The maximum absolute atomic E-state index is 12.4. The number of carbonyl (C=O) groups is 1. The van der Waals surface area contributed by atoms with Crippen molar-refractivity contribution in [2.24, 2.45) is 0 Å². The summed E-state index contributed by atoms with van der Waals surface area (Å²) < 4.78 is 2.87. The van der Waals surface area contributed by atoms with Gasteiger partial charge in [0, 0.05) is 22.3 Å². The average Bonchev–Trinajstić information content (AvgIpc) is 2.92. The predicted octanol–water partition coefficient (Wildman–Crippen LogP) is 2.62. The molecule has 0 saturated heterocycles. The normalized spacial score (nSPS) is 15.1. The molecule has 0 fully saturated rings. The van der Waals surface area contributed by atoms with E-state index in [9.17, 15) is 9.90 Å². The minimum Gasteiger partial charge on any atom is -0.392 e. The van der Waals surface area contributed by atoms with Gasteiger partial charge in [0.25, 0.3) is 5.91 Å². The molecule has 0 bridgehead atoms. The van der Waals surface area contributed by atoms with Crippen LogP contribution < -0.4 is 5.32 Å².